The number of carbonyl (C=O) groups is 1. The summed E-state index contributed by atoms with van der Waals surface area (Å²) in [5, 5.41) is 0. The van der Waals surface area contributed by atoms with Gasteiger partial charge in [-0.15, -0.1) is 0 Å². The molecular formula is C7H17N3O. The first kappa shape index (κ1) is 10.4. The van der Waals surface area contributed by atoms with Crippen LogP contribution >= 0.6 is 0 Å². The van der Waals surface area contributed by atoms with E-state index in [1.807, 2.05) is 6.92 Å². The first-order chi connectivity index (χ1) is 5.00. The normalized spacial score (nSPS) is 15.7. The van der Waals surface area contributed by atoms with Crippen LogP contribution in [-0.2, 0) is 4.79 Å². The summed E-state index contributed by atoms with van der Waals surface area (Å²) in [5.74, 6) is -0.0667. The Kier molecular flexibility index (Phi) is 4.07. The Morgan fingerprint density at radius 3 is 2.27 bits per heavy atom. The van der Waals surface area contributed by atoms with Crippen molar-refractivity contribution < 1.29 is 4.79 Å². The lowest BCUT2D eigenvalue weighted by atomic mass is 10.2. The molecule has 4 nitrogen and oxygen atoms in total. The van der Waals surface area contributed by atoms with Gasteiger partial charge in [-0.1, -0.05) is 0 Å². The van der Waals surface area contributed by atoms with Crippen molar-refractivity contribution in [2.45, 2.75) is 25.9 Å². The first-order valence-corrected chi connectivity index (χ1v) is 3.73. The SMILES string of the molecule is CC(CN)N(C)C(=O)[C@H](C)N. The molecule has 0 bridgehead atoms. The van der Waals surface area contributed by atoms with E-state index < -0.39 is 6.04 Å². The Labute approximate surface area is 67.5 Å². The van der Waals surface area contributed by atoms with Crippen LogP contribution in [0.1, 0.15) is 13.8 Å². The summed E-state index contributed by atoms with van der Waals surface area (Å²) >= 11 is 0. The molecular weight excluding hydrogens is 142 g/mol. The lowest BCUT2D eigenvalue weighted by Crippen LogP contribution is -2.46. The van der Waals surface area contributed by atoms with Crippen LogP contribution in [0, 0.1) is 0 Å². The molecule has 0 fully saturated rings. The maximum atomic E-state index is 11.2. The van der Waals surface area contributed by atoms with Gasteiger partial charge < -0.3 is 16.4 Å². The third-order valence-corrected chi connectivity index (χ3v) is 1.74. The summed E-state index contributed by atoms with van der Waals surface area (Å²) in [5.41, 5.74) is 10.8. The van der Waals surface area contributed by atoms with Crippen molar-refractivity contribution in [3.63, 3.8) is 0 Å². The minimum atomic E-state index is -0.436. The lowest BCUT2D eigenvalue weighted by Gasteiger charge is -2.25. The average molecular weight is 159 g/mol. The second-order valence-electron chi connectivity index (χ2n) is 2.82. The van der Waals surface area contributed by atoms with Gasteiger partial charge in [0.05, 0.1) is 6.04 Å². The highest BCUT2D eigenvalue weighted by Gasteiger charge is 2.16. The summed E-state index contributed by atoms with van der Waals surface area (Å²) in [4.78, 5) is 12.8. The fraction of sp³-hybridized carbons (Fsp3) is 0.857. The summed E-state index contributed by atoms with van der Waals surface area (Å²) in [6, 6.07) is -0.373. The highest BCUT2D eigenvalue weighted by molar-refractivity contribution is 5.81. The smallest absolute Gasteiger partial charge is 0.239 e. The highest BCUT2D eigenvalue weighted by Crippen LogP contribution is 1.95. The Morgan fingerprint density at radius 2 is 2.00 bits per heavy atom. The fourth-order valence-electron chi connectivity index (χ4n) is 0.697. The zero-order chi connectivity index (χ0) is 9.02. The Bertz CT molecular complexity index is 136. The topological polar surface area (TPSA) is 72.3 Å². The molecule has 0 aliphatic heterocycles. The predicted molar refractivity (Wildman–Crippen MR) is 44.9 cm³/mol. The summed E-state index contributed by atoms with van der Waals surface area (Å²) < 4.78 is 0. The molecule has 2 atom stereocenters. The van der Waals surface area contributed by atoms with Crippen LogP contribution in [0.5, 0.6) is 0 Å². The zero-order valence-corrected chi connectivity index (χ0v) is 7.37. The molecule has 4 N–H and O–H groups in total. The molecule has 0 saturated carbocycles. The van der Waals surface area contributed by atoms with Gasteiger partial charge >= 0.3 is 0 Å². The molecule has 0 rings (SSSR count). The van der Waals surface area contributed by atoms with Gasteiger partial charge in [-0.2, -0.15) is 0 Å². The molecule has 1 amide bonds. The maximum Gasteiger partial charge on any atom is 0.239 e. The van der Waals surface area contributed by atoms with Crippen molar-refractivity contribution >= 4 is 5.91 Å². The molecule has 0 saturated heterocycles. The molecule has 0 aromatic rings. The standard InChI is InChI=1S/C7H17N3O/c1-5(4-8)10(3)7(11)6(2)9/h5-6H,4,8-9H2,1-3H3/t5?,6-/m0/s1. The molecule has 0 spiro atoms. The summed E-state index contributed by atoms with van der Waals surface area (Å²) in [6.45, 7) is 4.03. The van der Waals surface area contributed by atoms with Crippen molar-refractivity contribution in [3.05, 3.63) is 0 Å². The van der Waals surface area contributed by atoms with Gasteiger partial charge in [0.2, 0.25) is 5.91 Å². The zero-order valence-electron chi connectivity index (χ0n) is 7.37. The number of likely N-dealkylation sites (N-methyl/N-ethyl adjacent to an activating group) is 1. The molecule has 0 heterocycles. The molecule has 0 radical (unpaired) electrons. The van der Waals surface area contributed by atoms with E-state index in [1.165, 1.54) is 0 Å². The second-order valence-corrected chi connectivity index (χ2v) is 2.82. The minimum absolute atomic E-state index is 0.0634. The monoisotopic (exact) mass is 159 g/mol. The van der Waals surface area contributed by atoms with Crippen LogP contribution < -0.4 is 11.5 Å². The van der Waals surface area contributed by atoms with Gasteiger partial charge in [0.25, 0.3) is 0 Å². The summed E-state index contributed by atoms with van der Waals surface area (Å²) in [7, 11) is 1.71. The highest BCUT2D eigenvalue weighted by atomic mass is 16.2. The van der Waals surface area contributed by atoms with Crippen molar-refractivity contribution in [1.29, 1.82) is 0 Å². The Balaban J connectivity index is 4.02. The van der Waals surface area contributed by atoms with E-state index in [4.69, 9.17) is 11.5 Å². The summed E-state index contributed by atoms with van der Waals surface area (Å²) in [6.07, 6.45) is 0. The Morgan fingerprint density at radius 1 is 1.55 bits per heavy atom. The number of nitrogens with two attached hydrogens (primary N) is 2. The van der Waals surface area contributed by atoms with Crippen LogP contribution in [0.15, 0.2) is 0 Å². The van der Waals surface area contributed by atoms with Gasteiger partial charge in [0.1, 0.15) is 0 Å². The van der Waals surface area contributed by atoms with Crippen molar-refractivity contribution in [2.75, 3.05) is 13.6 Å². The van der Waals surface area contributed by atoms with Crippen LogP contribution in [0.25, 0.3) is 0 Å². The van der Waals surface area contributed by atoms with Crippen molar-refractivity contribution in [2.24, 2.45) is 11.5 Å². The Hall–Kier alpha value is -0.610. The molecule has 0 aromatic heterocycles. The molecule has 11 heavy (non-hydrogen) atoms. The average Bonchev–Trinajstić information content (AvgIpc) is 2.00. The van der Waals surface area contributed by atoms with E-state index in [1.54, 1.807) is 18.9 Å². The number of hydrogen-bond acceptors (Lipinski definition) is 3. The van der Waals surface area contributed by atoms with Gasteiger partial charge in [-0.25, -0.2) is 0 Å². The fourth-order valence-corrected chi connectivity index (χ4v) is 0.697. The molecule has 0 aromatic carbocycles. The van der Waals surface area contributed by atoms with Crippen LogP contribution in [0.3, 0.4) is 0 Å². The van der Waals surface area contributed by atoms with Crippen molar-refractivity contribution in [3.8, 4) is 0 Å². The largest absolute Gasteiger partial charge is 0.340 e. The second kappa shape index (κ2) is 4.31. The number of rotatable bonds is 3. The van der Waals surface area contributed by atoms with E-state index >= 15 is 0 Å². The quantitative estimate of drug-likeness (QED) is 0.563. The third kappa shape index (κ3) is 2.86. The predicted octanol–water partition coefficient (Wildman–Crippen LogP) is -0.861. The number of hydrogen-bond donors (Lipinski definition) is 2. The van der Waals surface area contributed by atoms with Crippen LogP contribution in [0.4, 0.5) is 0 Å². The van der Waals surface area contributed by atoms with Crippen LogP contribution in [-0.4, -0.2) is 36.5 Å². The van der Waals surface area contributed by atoms with E-state index in [0.29, 0.717) is 6.54 Å². The molecule has 66 valence electrons. The maximum absolute atomic E-state index is 11.2. The van der Waals surface area contributed by atoms with Gasteiger partial charge in [0, 0.05) is 19.6 Å². The van der Waals surface area contributed by atoms with Crippen LogP contribution in [0.2, 0.25) is 0 Å². The third-order valence-electron chi connectivity index (χ3n) is 1.74. The van der Waals surface area contributed by atoms with Gasteiger partial charge in [-0.3, -0.25) is 4.79 Å². The molecule has 0 aliphatic carbocycles. The van der Waals surface area contributed by atoms with E-state index in [-0.39, 0.29) is 11.9 Å². The number of carbonyl (C=O) groups excluding carboxylic acids is 1. The van der Waals surface area contributed by atoms with Gasteiger partial charge in [0.15, 0.2) is 0 Å². The van der Waals surface area contributed by atoms with E-state index in [0.717, 1.165) is 0 Å². The lowest BCUT2D eigenvalue weighted by molar-refractivity contribution is -0.132. The molecule has 0 aliphatic rings. The number of nitrogens with zero attached hydrogens (tertiary/aromatic N) is 1. The van der Waals surface area contributed by atoms with E-state index in [2.05, 4.69) is 0 Å². The first-order valence-electron chi connectivity index (χ1n) is 3.73. The van der Waals surface area contributed by atoms with E-state index in [9.17, 15) is 4.79 Å². The van der Waals surface area contributed by atoms with Gasteiger partial charge in [-0.05, 0) is 13.8 Å². The minimum Gasteiger partial charge on any atom is -0.340 e. The molecule has 1 unspecified atom stereocenters. The number of amides is 1. The molecule has 4 heteroatoms. The van der Waals surface area contributed by atoms with Crippen molar-refractivity contribution in [1.82, 2.24) is 4.90 Å².